The Morgan fingerprint density at radius 2 is 2.00 bits per heavy atom. The van der Waals surface area contributed by atoms with Crippen LogP contribution in [0, 0.1) is 6.92 Å². The number of halogens is 3. The summed E-state index contributed by atoms with van der Waals surface area (Å²) in [6.07, 6.45) is 0.0424. The van der Waals surface area contributed by atoms with E-state index in [-0.39, 0.29) is 13.0 Å². The van der Waals surface area contributed by atoms with Crippen molar-refractivity contribution in [2.45, 2.75) is 10.2 Å². The van der Waals surface area contributed by atoms with Crippen molar-refractivity contribution in [3.8, 4) is 0 Å². The Kier molecular flexibility index (Phi) is 4.41. The second kappa shape index (κ2) is 4.27. The molecule has 0 aliphatic rings. The third-order valence-corrected chi connectivity index (χ3v) is 0.928. The third kappa shape index (κ3) is 6.46. The lowest BCUT2D eigenvalue weighted by Crippen LogP contribution is -2.16. The van der Waals surface area contributed by atoms with E-state index in [4.69, 9.17) is 34.8 Å². The van der Waals surface area contributed by atoms with E-state index in [1.54, 1.807) is 0 Å². The highest BCUT2D eigenvalue weighted by molar-refractivity contribution is 6.67. The van der Waals surface area contributed by atoms with Gasteiger partial charge in [0, 0.05) is 6.42 Å². The molecule has 0 fully saturated rings. The zero-order valence-electron chi connectivity index (χ0n) is 5.07. The summed E-state index contributed by atoms with van der Waals surface area (Å²) in [4.78, 5) is 10.4. The lowest BCUT2D eigenvalue weighted by Gasteiger charge is -2.09. The van der Waals surface area contributed by atoms with Crippen LogP contribution in [0.1, 0.15) is 6.42 Å². The first-order chi connectivity index (χ1) is 4.45. The van der Waals surface area contributed by atoms with Crippen LogP contribution in [0.3, 0.4) is 0 Å². The number of ether oxygens (including phenoxy) is 1. The molecule has 10 heavy (non-hydrogen) atoms. The van der Waals surface area contributed by atoms with Gasteiger partial charge in [-0.05, 0) is 6.92 Å². The van der Waals surface area contributed by atoms with Gasteiger partial charge in [-0.2, -0.15) is 0 Å². The fourth-order valence-electron chi connectivity index (χ4n) is 0.234. The molecule has 1 radical (unpaired) electrons. The number of carbonyl (C=O) groups is 1. The van der Waals surface area contributed by atoms with Gasteiger partial charge >= 0.3 is 5.97 Å². The van der Waals surface area contributed by atoms with Crippen molar-refractivity contribution in [3.63, 3.8) is 0 Å². The van der Waals surface area contributed by atoms with E-state index in [2.05, 4.69) is 11.7 Å². The first kappa shape index (κ1) is 10.3. The van der Waals surface area contributed by atoms with E-state index in [0.29, 0.717) is 0 Å². The Morgan fingerprint density at radius 3 is 2.30 bits per heavy atom. The maximum absolute atomic E-state index is 10.4. The van der Waals surface area contributed by atoms with Crippen LogP contribution < -0.4 is 0 Å². The summed E-state index contributed by atoms with van der Waals surface area (Å²) in [6, 6.07) is 0. The SMILES string of the molecule is [CH2]CC(=O)OCC(Cl)(Cl)Cl. The highest BCUT2D eigenvalue weighted by atomic mass is 35.6. The second-order valence-electron chi connectivity index (χ2n) is 1.53. The van der Waals surface area contributed by atoms with Crippen LogP contribution in [0.15, 0.2) is 0 Å². The largest absolute Gasteiger partial charge is 0.461 e. The quantitative estimate of drug-likeness (QED) is 0.509. The normalized spacial score (nSPS) is 11.2. The van der Waals surface area contributed by atoms with E-state index in [1.165, 1.54) is 0 Å². The third-order valence-electron chi connectivity index (χ3n) is 0.601. The minimum absolute atomic E-state index is 0.0424. The van der Waals surface area contributed by atoms with Crippen molar-refractivity contribution in [2.24, 2.45) is 0 Å². The van der Waals surface area contributed by atoms with Crippen LogP contribution in [0.5, 0.6) is 0 Å². The summed E-state index contributed by atoms with van der Waals surface area (Å²) < 4.78 is 2.94. The molecule has 0 aliphatic carbocycles. The average molecular weight is 204 g/mol. The van der Waals surface area contributed by atoms with Crippen molar-refractivity contribution in [1.82, 2.24) is 0 Å². The topological polar surface area (TPSA) is 26.3 Å². The van der Waals surface area contributed by atoms with E-state index in [0.717, 1.165) is 0 Å². The number of alkyl halides is 3. The molecule has 0 aliphatic heterocycles. The number of hydrogen-bond acceptors (Lipinski definition) is 2. The van der Waals surface area contributed by atoms with Crippen molar-refractivity contribution >= 4 is 40.8 Å². The highest BCUT2D eigenvalue weighted by Gasteiger charge is 2.21. The van der Waals surface area contributed by atoms with Gasteiger partial charge in [-0.1, -0.05) is 34.8 Å². The fourth-order valence-corrected chi connectivity index (χ4v) is 0.398. The molecule has 0 rings (SSSR count). The first-order valence-corrected chi connectivity index (χ1v) is 3.60. The lowest BCUT2D eigenvalue weighted by atomic mass is 10.5. The first-order valence-electron chi connectivity index (χ1n) is 2.47. The van der Waals surface area contributed by atoms with E-state index in [1.807, 2.05) is 0 Å². The van der Waals surface area contributed by atoms with Crippen molar-refractivity contribution in [2.75, 3.05) is 6.61 Å². The predicted octanol–water partition coefficient (Wildman–Crippen LogP) is 2.12. The van der Waals surface area contributed by atoms with Crippen molar-refractivity contribution in [3.05, 3.63) is 6.92 Å². The van der Waals surface area contributed by atoms with E-state index in [9.17, 15) is 4.79 Å². The molecule has 0 aromatic rings. The second-order valence-corrected chi connectivity index (χ2v) is 4.04. The van der Waals surface area contributed by atoms with Gasteiger partial charge in [-0.15, -0.1) is 0 Å². The van der Waals surface area contributed by atoms with Gasteiger partial charge < -0.3 is 4.74 Å². The molecule has 0 amide bonds. The maximum atomic E-state index is 10.4. The van der Waals surface area contributed by atoms with Crippen LogP contribution in [-0.2, 0) is 9.53 Å². The molecule has 59 valence electrons. The summed E-state index contributed by atoms with van der Waals surface area (Å²) >= 11 is 15.8. The molecule has 0 unspecified atom stereocenters. The Bertz CT molecular complexity index is 119. The molecule has 0 saturated heterocycles. The van der Waals surface area contributed by atoms with Gasteiger partial charge in [0.1, 0.15) is 6.61 Å². The number of esters is 1. The Labute approximate surface area is 74.4 Å². The number of rotatable bonds is 2. The summed E-state index contributed by atoms with van der Waals surface area (Å²) in [6.45, 7) is 3.05. The van der Waals surface area contributed by atoms with Gasteiger partial charge in [-0.25, -0.2) is 0 Å². The highest BCUT2D eigenvalue weighted by Crippen LogP contribution is 2.25. The molecular weight excluding hydrogens is 198 g/mol. The summed E-state index contributed by atoms with van der Waals surface area (Å²) in [5, 5.41) is 0. The monoisotopic (exact) mass is 203 g/mol. The van der Waals surface area contributed by atoms with Gasteiger partial charge in [0.05, 0.1) is 0 Å². The van der Waals surface area contributed by atoms with Crippen LogP contribution in [0.25, 0.3) is 0 Å². The van der Waals surface area contributed by atoms with Crippen molar-refractivity contribution < 1.29 is 9.53 Å². The minimum atomic E-state index is -1.52. The zero-order chi connectivity index (χ0) is 8.20. The summed E-state index contributed by atoms with van der Waals surface area (Å²) in [7, 11) is 0. The summed E-state index contributed by atoms with van der Waals surface area (Å²) in [5.74, 6) is -0.480. The molecule has 2 nitrogen and oxygen atoms in total. The lowest BCUT2D eigenvalue weighted by molar-refractivity contribution is -0.142. The van der Waals surface area contributed by atoms with Gasteiger partial charge in [0.2, 0.25) is 3.79 Å². The average Bonchev–Trinajstić information content (AvgIpc) is 1.81. The molecule has 0 atom stereocenters. The molecule has 0 heterocycles. The van der Waals surface area contributed by atoms with Crippen LogP contribution >= 0.6 is 34.8 Å². The molecule has 0 spiro atoms. The smallest absolute Gasteiger partial charge is 0.305 e. The van der Waals surface area contributed by atoms with Crippen LogP contribution in [0.4, 0.5) is 0 Å². The molecule has 0 aromatic heterocycles. The van der Waals surface area contributed by atoms with E-state index < -0.39 is 9.76 Å². The van der Waals surface area contributed by atoms with E-state index >= 15 is 0 Å². The Hall–Kier alpha value is 0.340. The van der Waals surface area contributed by atoms with Crippen molar-refractivity contribution in [1.29, 1.82) is 0 Å². The predicted molar refractivity (Wildman–Crippen MR) is 41.2 cm³/mol. The molecule has 0 bridgehead atoms. The molecule has 0 N–H and O–H groups in total. The van der Waals surface area contributed by atoms with Gasteiger partial charge in [0.15, 0.2) is 0 Å². The van der Waals surface area contributed by atoms with Crippen LogP contribution in [-0.4, -0.2) is 16.4 Å². The number of carbonyl (C=O) groups excluding carboxylic acids is 1. The standard InChI is InChI=1S/C5H6Cl3O2/c1-2-4(9)10-3-5(6,7)8/h1-3H2. The molecule has 0 saturated carbocycles. The summed E-state index contributed by atoms with van der Waals surface area (Å²) in [5.41, 5.74) is 0. The van der Waals surface area contributed by atoms with Crippen LogP contribution in [0.2, 0.25) is 0 Å². The fraction of sp³-hybridized carbons (Fsp3) is 0.600. The van der Waals surface area contributed by atoms with Gasteiger partial charge in [0.25, 0.3) is 0 Å². The van der Waals surface area contributed by atoms with Gasteiger partial charge in [-0.3, -0.25) is 4.79 Å². The zero-order valence-corrected chi connectivity index (χ0v) is 7.34. The number of hydrogen-bond donors (Lipinski definition) is 0. The molecule has 0 aromatic carbocycles. The Morgan fingerprint density at radius 1 is 1.50 bits per heavy atom. The maximum Gasteiger partial charge on any atom is 0.305 e. The minimum Gasteiger partial charge on any atom is -0.461 e. The molecular formula is C5H6Cl3O2. The molecule has 5 heteroatoms. The Balaban J connectivity index is 3.46.